The van der Waals surface area contributed by atoms with Crippen molar-refractivity contribution in [2.24, 2.45) is 5.73 Å². The zero-order valence-electron chi connectivity index (χ0n) is 12.5. The summed E-state index contributed by atoms with van der Waals surface area (Å²) in [6.07, 6.45) is -4.41. The fourth-order valence-electron chi connectivity index (χ4n) is 1.95. The molecule has 24 heavy (non-hydrogen) atoms. The normalized spacial score (nSPS) is 13.8. The van der Waals surface area contributed by atoms with Crippen LogP contribution in [0.2, 0.25) is 0 Å². The molecule has 1 aliphatic heterocycles. The largest absolute Gasteiger partial charge is 0.490 e. The molecular weight excluding hydrogens is 353 g/mol. The molecule has 0 atom stereocenters. The molecule has 1 amide bonds. The number of anilines is 1. The number of carbonyl (C=O) groups is 2. The van der Waals surface area contributed by atoms with Crippen LogP contribution < -0.4 is 10.0 Å². The molecule has 0 unspecified atom stereocenters. The van der Waals surface area contributed by atoms with E-state index in [0.717, 1.165) is 5.56 Å². The minimum Gasteiger partial charge on any atom is -0.475 e. The lowest BCUT2D eigenvalue weighted by Gasteiger charge is -2.18. The average Bonchev–Trinajstić information content (AvgIpc) is 2.90. The Labute approximate surface area is 135 Å². The Bertz CT molecular complexity index is 746. The number of nitrogens with zero attached hydrogens (tertiary/aromatic N) is 1. The molecule has 0 saturated heterocycles. The van der Waals surface area contributed by atoms with Crippen molar-refractivity contribution in [1.82, 2.24) is 0 Å². The second kappa shape index (κ2) is 7.07. The van der Waals surface area contributed by atoms with E-state index in [4.69, 9.17) is 15.6 Å². The lowest BCUT2D eigenvalue weighted by Crippen LogP contribution is -2.30. The molecule has 0 spiro atoms. The van der Waals surface area contributed by atoms with Gasteiger partial charge in [0.1, 0.15) is 0 Å². The Morgan fingerprint density at radius 3 is 2.29 bits per heavy atom. The van der Waals surface area contributed by atoms with Crippen LogP contribution in [0.4, 0.5) is 18.9 Å². The molecule has 0 bridgehead atoms. The number of hydrogen-bond acceptors (Lipinski definition) is 4. The Morgan fingerprint density at radius 1 is 1.33 bits per heavy atom. The van der Waals surface area contributed by atoms with Gasteiger partial charge in [-0.1, -0.05) is 6.07 Å². The van der Waals surface area contributed by atoms with E-state index in [0.29, 0.717) is 24.2 Å². The Kier molecular flexibility index (Phi) is 5.82. The molecule has 0 aliphatic carbocycles. The van der Waals surface area contributed by atoms with Gasteiger partial charge in [0, 0.05) is 12.1 Å². The maximum atomic E-state index is 11.9. The van der Waals surface area contributed by atoms with Crippen LogP contribution in [0.1, 0.15) is 22.8 Å². The molecule has 0 fully saturated rings. The van der Waals surface area contributed by atoms with Crippen molar-refractivity contribution in [3.05, 3.63) is 29.3 Å². The van der Waals surface area contributed by atoms with E-state index in [2.05, 4.69) is 0 Å². The molecule has 1 heterocycles. The van der Waals surface area contributed by atoms with Gasteiger partial charge in [-0.25, -0.2) is 13.2 Å². The van der Waals surface area contributed by atoms with Gasteiger partial charge in [0.05, 0.1) is 11.4 Å². The Morgan fingerprint density at radius 2 is 1.88 bits per heavy atom. The van der Waals surface area contributed by atoms with Crippen LogP contribution in [-0.2, 0) is 21.2 Å². The van der Waals surface area contributed by atoms with Gasteiger partial charge in [0.15, 0.2) is 0 Å². The molecule has 1 aromatic carbocycles. The van der Waals surface area contributed by atoms with Crippen LogP contribution in [-0.4, -0.2) is 43.9 Å². The highest BCUT2D eigenvalue weighted by atomic mass is 32.2. The topological polar surface area (TPSA) is 118 Å². The summed E-state index contributed by atoms with van der Waals surface area (Å²) in [5.41, 5.74) is 7.05. The van der Waals surface area contributed by atoms with E-state index >= 15 is 0 Å². The number of benzene rings is 1. The molecule has 1 aromatic rings. The van der Waals surface area contributed by atoms with Gasteiger partial charge in [-0.2, -0.15) is 13.2 Å². The second-order valence-corrected chi connectivity index (χ2v) is 6.92. The van der Waals surface area contributed by atoms with Crippen molar-refractivity contribution < 1.29 is 36.3 Å². The number of amides is 1. The summed E-state index contributed by atoms with van der Waals surface area (Å²) in [7, 11) is -3.27. The number of carboxylic acids is 1. The van der Waals surface area contributed by atoms with E-state index in [1.54, 1.807) is 25.1 Å². The number of nitrogens with two attached hydrogens (primary N) is 1. The zero-order chi connectivity index (χ0) is 18.7. The molecule has 1 aliphatic rings. The van der Waals surface area contributed by atoms with Gasteiger partial charge in [-0.05, 0) is 31.0 Å². The lowest BCUT2D eigenvalue weighted by atomic mass is 10.1. The number of sulfonamides is 1. The van der Waals surface area contributed by atoms with Gasteiger partial charge >= 0.3 is 12.1 Å². The Hall–Kier alpha value is -2.30. The van der Waals surface area contributed by atoms with Crippen molar-refractivity contribution in [2.75, 3.05) is 16.6 Å². The average molecular weight is 368 g/mol. The summed E-state index contributed by atoms with van der Waals surface area (Å²) in [4.78, 5) is 20.0. The monoisotopic (exact) mass is 368 g/mol. The van der Waals surface area contributed by atoms with E-state index < -0.39 is 28.1 Å². The van der Waals surface area contributed by atoms with Crippen LogP contribution in [0.5, 0.6) is 0 Å². The highest BCUT2D eigenvalue weighted by Gasteiger charge is 2.38. The van der Waals surface area contributed by atoms with Crippen molar-refractivity contribution in [1.29, 1.82) is 0 Å². The SMILES string of the molecule is CCS(=O)(=O)N1CCc2ccc(C(N)=O)cc21.O=C(O)C(F)(F)F. The van der Waals surface area contributed by atoms with Crippen molar-refractivity contribution in [2.45, 2.75) is 19.5 Å². The van der Waals surface area contributed by atoms with Crippen LogP contribution in [0, 0.1) is 0 Å². The zero-order valence-corrected chi connectivity index (χ0v) is 13.3. The molecule has 134 valence electrons. The van der Waals surface area contributed by atoms with E-state index in [9.17, 15) is 26.4 Å². The van der Waals surface area contributed by atoms with E-state index in [1.165, 1.54) is 4.31 Å². The van der Waals surface area contributed by atoms with Gasteiger partial charge in [0.25, 0.3) is 0 Å². The van der Waals surface area contributed by atoms with Crippen molar-refractivity contribution in [3.8, 4) is 0 Å². The van der Waals surface area contributed by atoms with E-state index in [1.807, 2.05) is 0 Å². The molecule has 0 radical (unpaired) electrons. The summed E-state index contributed by atoms with van der Waals surface area (Å²) in [6.45, 7) is 2.04. The molecule has 3 N–H and O–H groups in total. The highest BCUT2D eigenvalue weighted by molar-refractivity contribution is 7.92. The van der Waals surface area contributed by atoms with Crippen molar-refractivity contribution in [3.63, 3.8) is 0 Å². The predicted octanol–water partition coefficient (Wildman–Crippen LogP) is 1.13. The molecule has 0 aromatic heterocycles. The summed E-state index contributed by atoms with van der Waals surface area (Å²) < 4.78 is 56.8. The van der Waals surface area contributed by atoms with Crippen LogP contribution in [0.15, 0.2) is 18.2 Å². The maximum Gasteiger partial charge on any atom is 0.490 e. The first-order valence-electron chi connectivity index (χ1n) is 6.63. The van der Waals surface area contributed by atoms with Gasteiger partial charge < -0.3 is 10.8 Å². The van der Waals surface area contributed by atoms with Gasteiger partial charge in [-0.15, -0.1) is 0 Å². The third-order valence-corrected chi connectivity index (χ3v) is 4.95. The van der Waals surface area contributed by atoms with Crippen LogP contribution in [0.25, 0.3) is 0 Å². The number of primary amides is 1. The first kappa shape index (κ1) is 19.7. The Balaban J connectivity index is 0.000000351. The smallest absolute Gasteiger partial charge is 0.475 e. The number of carboxylic acid groups (broad SMARTS) is 1. The lowest BCUT2D eigenvalue weighted by molar-refractivity contribution is -0.192. The standard InChI is InChI=1S/C11H14N2O3S.C2HF3O2/c1-2-17(15,16)13-6-5-8-3-4-9(11(12)14)7-10(8)13;3-2(4,5)1(6)7/h3-4,7H,2,5-6H2,1H3,(H2,12,14);(H,6,7). The number of halogens is 3. The molecule has 2 rings (SSSR count). The summed E-state index contributed by atoms with van der Waals surface area (Å²) >= 11 is 0. The number of hydrogen-bond donors (Lipinski definition) is 2. The first-order chi connectivity index (χ1) is 10.9. The summed E-state index contributed by atoms with van der Waals surface area (Å²) in [5, 5.41) is 7.12. The molecular formula is C13H15F3N2O5S. The summed E-state index contributed by atoms with van der Waals surface area (Å²) in [5.74, 6) is -3.26. The number of alkyl halides is 3. The number of aliphatic carboxylic acids is 1. The number of carbonyl (C=O) groups excluding carboxylic acids is 1. The fraction of sp³-hybridized carbons (Fsp3) is 0.385. The molecule has 7 nitrogen and oxygen atoms in total. The minimum absolute atomic E-state index is 0.0488. The minimum atomic E-state index is -5.08. The highest BCUT2D eigenvalue weighted by Crippen LogP contribution is 2.31. The van der Waals surface area contributed by atoms with Crippen molar-refractivity contribution >= 4 is 27.6 Å². The van der Waals surface area contributed by atoms with Gasteiger partial charge in [-0.3, -0.25) is 9.10 Å². The molecule has 0 saturated carbocycles. The maximum absolute atomic E-state index is 11.9. The van der Waals surface area contributed by atoms with Crippen LogP contribution in [0.3, 0.4) is 0 Å². The number of rotatable bonds is 3. The quantitative estimate of drug-likeness (QED) is 0.829. The predicted molar refractivity (Wildman–Crippen MR) is 79.2 cm³/mol. The van der Waals surface area contributed by atoms with Gasteiger partial charge in [0.2, 0.25) is 15.9 Å². The van der Waals surface area contributed by atoms with Crippen LogP contribution >= 0.6 is 0 Å². The molecule has 11 heteroatoms. The fourth-order valence-corrected chi connectivity index (χ4v) is 3.10. The first-order valence-corrected chi connectivity index (χ1v) is 8.24. The summed E-state index contributed by atoms with van der Waals surface area (Å²) in [6, 6.07) is 4.95. The van der Waals surface area contributed by atoms with E-state index in [-0.39, 0.29) is 5.75 Å². The third-order valence-electron chi connectivity index (χ3n) is 3.17. The third kappa shape index (κ3) is 4.60. The second-order valence-electron chi connectivity index (χ2n) is 4.73. The number of fused-ring (bicyclic) bond motifs is 1.